The van der Waals surface area contributed by atoms with Gasteiger partial charge in [-0.15, -0.1) is 11.3 Å². The van der Waals surface area contributed by atoms with Gasteiger partial charge in [-0.2, -0.15) is 4.31 Å². The number of carbonyl (C=O) groups excluding carboxylic acids is 1. The van der Waals surface area contributed by atoms with Crippen LogP contribution in [-0.2, 0) is 27.8 Å². The van der Waals surface area contributed by atoms with E-state index in [1.54, 1.807) is 60.8 Å². The van der Waals surface area contributed by atoms with Crippen molar-refractivity contribution in [2.75, 3.05) is 33.9 Å². The highest BCUT2D eigenvalue weighted by atomic mass is 32.2. The van der Waals surface area contributed by atoms with Gasteiger partial charge in [0.25, 0.3) is 0 Å². The molecular formula is C27H34N2O5S2. The van der Waals surface area contributed by atoms with E-state index < -0.39 is 10.0 Å². The maximum atomic E-state index is 13.6. The van der Waals surface area contributed by atoms with E-state index in [1.807, 2.05) is 43.5 Å². The number of amides is 1. The van der Waals surface area contributed by atoms with Crippen LogP contribution in [0.5, 0.6) is 11.5 Å². The summed E-state index contributed by atoms with van der Waals surface area (Å²) in [7, 11) is -0.608. The van der Waals surface area contributed by atoms with Gasteiger partial charge in [0.2, 0.25) is 15.9 Å². The Morgan fingerprint density at radius 2 is 1.69 bits per heavy atom. The Morgan fingerprint density at radius 1 is 0.972 bits per heavy atom. The van der Waals surface area contributed by atoms with Crippen LogP contribution in [0.4, 0.5) is 0 Å². The van der Waals surface area contributed by atoms with Crippen LogP contribution < -0.4 is 9.47 Å². The molecule has 3 rings (SSSR count). The summed E-state index contributed by atoms with van der Waals surface area (Å²) in [6, 6.07) is 16.0. The third-order valence-corrected chi connectivity index (χ3v) is 8.81. The lowest BCUT2D eigenvalue weighted by Crippen LogP contribution is -2.43. The number of hydrogen-bond donors (Lipinski definition) is 0. The molecule has 0 unspecified atom stereocenters. The first kappa shape index (κ1) is 27.7. The zero-order valence-corrected chi connectivity index (χ0v) is 22.9. The van der Waals surface area contributed by atoms with Gasteiger partial charge in [0.1, 0.15) is 0 Å². The Balaban J connectivity index is 1.82. The molecule has 0 bridgehead atoms. The third kappa shape index (κ3) is 6.87. The molecule has 2 aromatic carbocycles. The van der Waals surface area contributed by atoms with Crippen molar-refractivity contribution in [1.29, 1.82) is 0 Å². The van der Waals surface area contributed by atoms with Crippen LogP contribution in [0.3, 0.4) is 0 Å². The van der Waals surface area contributed by atoms with E-state index in [9.17, 15) is 13.2 Å². The van der Waals surface area contributed by atoms with E-state index in [0.29, 0.717) is 37.4 Å². The molecule has 0 aliphatic carbocycles. The summed E-state index contributed by atoms with van der Waals surface area (Å²) in [4.78, 5) is 16.6. The van der Waals surface area contributed by atoms with Crippen LogP contribution in [0.25, 0.3) is 0 Å². The number of hydrogen-bond acceptors (Lipinski definition) is 6. The Morgan fingerprint density at radius 3 is 2.31 bits per heavy atom. The van der Waals surface area contributed by atoms with Crippen molar-refractivity contribution in [2.24, 2.45) is 0 Å². The number of carbonyl (C=O) groups is 1. The summed E-state index contributed by atoms with van der Waals surface area (Å²) in [6.07, 6.45) is 1.20. The van der Waals surface area contributed by atoms with Crippen molar-refractivity contribution in [2.45, 2.75) is 38.1 Å². The molecule has 0 atom stereocenters. The fourth-order valence-electron chi connectivity index (χ4n) is 3.86. The molecular weight excluding hydrogens is 496 g/mol. The summed E-state index contributed by atoms with van der Waals surface area (Å²) in [5, 5.41) is 2.00. The Labute approximate surface area is 218 Å². The lowest BCUT2D eigenvalue weighted by Gasteiger charge is -2.27. The molecule has 3 aromatic rings. The maximum Gasteiger partial charge on any atom is 0.243 e. The number of sulfonamides is 1. The van der Waals surface area contributed by atoms with Crippen molar-refractivity contribution in [3.63, 3.8) is 0 Å². The Hall–Kier alpha value is -2.88. The van der Waals surface area contributed by atoms with Gasteiger partial charge in [0, 0.05) is 18.0 Å². The largest absolute Gasteiger partial charge is 0.493 e. The highest BCUT2D eigenvalue weighted by Crippen LogP contribution is 2.28. The first-order chi connectivity index (χ1) is 17.3. The zero-order chi connectivity index (χ0) is 26.1. The maximum absolute atomic E-state index is 13.6. The minimum Gasteiger partial charge on any atom is -0.493 e. The van der Waals surface area contributed by atoms with Crippen LogP contribution in [0.2, 0.25) is 0 Å². The first-order valence-electron chi connectivity index (χ1n) is 11.9. The lowest BCUT2D eigenvalue weighted by molar-refractivity contribution is -0.132. The minimum absolute atomic E-state index is 0.192. The fourth-order valence-corrected chi connectivity index (χ4v) is 6.28. The van der Waals surface area contributed by atoms with E-state index in [2.05, 4.69) is 0 Å². The van der Waals surface area contributed by atoms with Crippen LogP contribution in [0, 0.1) is 6.92 Å². The lowest BCUT2D eigenvalue weighted by atomic mass is 10.1. The smallest absolute Gasteiger partial charge is 0.243 e. The number of thiophene rings is 1. The molecule has 0 fully saturated rings. The van der Waals surface area contributed by atoms with Crippen LogP contribution in [0.1, 0.15) is 29.3 Å². The molecule has 36 heavy (non-hydrogen) atoms. The first-order valence-corrected chi connectivity index (χ1v) is 14.2. The van der Waals surface area contributed by atoms with Gasteiger partial charge in [0.15, 0.2) is 11.5 Å². The molecule has 7 nitrogen and oxygen atoms in total. The summed E-state index contributed by atoms with van der Waals surface area (Å²) in [6.45, 7) is 4.86. The van der Waals surface area contributed by atoms with Gasteiger partial charge in [0.05, 0.1) is 32.2 Å². The third-order valence-electron chi connectivity index (χ3n) is 5.94. The molecule has 1 aromatic heterocycles. The summed E-state index contributed by atoms with van der Waals surface area (Å²) in [5.74, 6) is 1.05. The van der Waals surface area contributed by atoms with Gasteiger partial charge in [-0.25, -0.2) is 8.42 Å². The number of nitrogens with zero attached hydrogens (tertiary/aromatic N) is 2. The highest BCUT2D eigenvalue weighted by Gasteiger charge is 2.28. The van der Waals surface area contributed by atoms with Gasteiger partial charge in [-0.05, 0) is 66.6 Å². The second kappa shape index (κ2) is 12.9. The number of benzene rings is 2. The minimum atomic E-state index is -3.79. The monoisotopic (exact) mass is 530 g/mol. The summed E-state index contributed by atoms with van der Waals surface area (Å²) < 4.78 is 38.6. The number of methoxy groups -OCH3 is 2. The molecule has 0 saturated heterocycles. The average molecular weight is 531 g/mol. The van der Waals surface area contributed by atoms with Crippen molar-refractivity contribution < 1.29 is 22.7 Å². The fraction of sp³-hybridized carbons (Fsp3) is 0.370. The van der Waals surface area contributed by atoms with Crippen molar-refractivity contribution >= 4 is 27.3 Å². The molecule has 0 spiro atoms. The second-order valence-corrected chi connectivity index (χ2v) is 11.4. The topological polar surface area (TPSA) is 76.2 Å². The molecule has 194 valence electrons. The van der Waals surface area contributed by atoms with Gasteiger partial charge >= 0.3 is 0 Å². The SMILES string of the molecule is CCCN(CC(=O)N(CCc1ccc(OC)c(OC)c1)Cc1sccc1C)S(=O)(=O)c1ccccc1. The summed E-state index contributed by atoms with van der Waals surface area (Å²) in [5.41, 5.74) is 2.11. The van der Waals surface area contributed by atoms with Crippen molar-refractivity contribution in [3.05, 3.63) is 76.0 Å². The van der Waals surface area contributed by atoms with Crippen molar-refractivity contribution in [1.82, 2.24) is 9.21 Å². The molecule has 1 amide bonds. The normalized spacial score (nSPS) is 11.5. The Kier molecular flexibility index (Phi) is 9.92. The Bertz CT molecular complexity index is 1240. The molecule has 0 radical (unpaired) electrons. The molecule has 1 heterocycles. The van der Waals surface area contributed by atoms with E-state index in [1.165, 1.54) is 4.31 Å². The molecule has 0 N–H and O–H groups in total. The van der Waals surface area contributed by atoms with E-state index in [0.717, 1.165) is 16.0 Å². The van der Waals surface area contributed by atoms with E-state index in [-0.39, 0.29) is 23.9 Å². The molecule has 9 heteroatoms. The van der Waals surface area contributed by atoms with Gasteiger partial charge < -0.3 is 14.4 Å². The van der Waals surface area contributed by atoms with E-state index in [4.69, 9.17) is 9.47 Å². The number of ether oxygens (including phenoxy) is 2. The number of aryl methyl sites for hydroxylation is 1. The highest BCUT2D eigenvalue weighted by molar-refractivity contribution is 7.89. The predicted octanol–water partition coefficient (Wildman–Crippen LogP) is 4.75. The zero-order valence-electron chi connectivity index (χ0n) is 21.3. The summed E-state index contributed by atoms with van der Waals surface area (Å²) >= 11 is 1.60. The van der Waals surface area contributed by atoms with Gasteiger partial charge in [-0.3, -0.25) is 4.79 Å². The molecule has 0 saturated carbocycles. The van der Waals surface area contributed by atoms with Crippen LogP contribution in [-0.4, -0.2) is 57.4 Å². The number of rotatable bonds is 13. The van der Waals surface area contributed by atoms with Crippen LogP contribution in [0.15, 0.2) is 64.9 Å². The van der Waals surface area contributed by atoms with Crippen molar-refractivity contribution in [3.8, 4) is 11.5 Å². The second-order valence-electron chi connectivity index (χ2n) is 8.43. The quantitative estimate of drug-likeness (QED) is 0.319. The molecule has 0 aliphatic heterocycles. The van der Waals surface area contributed by atoms with Gasteiger partial charge in [-0.1, -0.05) is 31.2 Å². The standard InChI is InChI=1S/C27H34N2O5S2/c1-5-15-29(36(31,32)23-9-7-6-8-10-23)20-27(30)28(19-26-21(2)14-17-35-26)16-13-22-11-12-24(33-3)25(18-22)34-4/h6-12,14,17-18H,5,13,15-16,19-20H2,1-4H3. The average Bonchev–Trinajstić information content (AvgIpc) is 3.30. The van der Waals surface area contributed by atoms with E-state index >= 15 is 0 Å². The molecule has 0 aliphatic rings. The predicted molar refractivity (Wildman–Crippen MR) is 143 cm³/mol. The van der Waals surface area contributed by atoms with Crippen LogP contribution >= 0.6 is 11.3 Å².